The smallest absolute Gasteiger partial charge is 0.264 e. The van der Waals surface area contributed by atoms with Crippen molar-refractivity contribution in [3.8, 4) is 5.75 Å². The van der Waals surface area contributed by atoms with Gasteiger partial charge in [-0.25, -0.2) is 8.42 Å². The Balaban J connectivity index is 1.98. The molecule has 116 valence electrons. The quantitative estimate of drug-likeness (QED) is 0.762. The largest absolute Gasteiger partial charge is 0.497 e. The summed E-state index contributed by atoms with van der Waals surface area (Å²) < 4.78 is 32.5. The van der Waals surface area contributed by atoms with E-state index in [0.717, 1.165) is 5.75 Å². The lowest BCUT2D eigenvalue weighted by Crippen LogP contribution is -2.34. The zero-order valence-corrected chi connectivity index (χ0v) is 13.8. The Bertz CT molecular complexity index is 726. The van der Waals surface area contributed by atoms with Crippen LogP contribution >= 0.6 is 11.8 Å². The molecular formula is C16H17NO3S2. The average Bonchev–Trinajstić information content (AvgIpc) is 3.38. The van der Waals surface area contributed by atoms with Gasteiger partial charge in [0.15, 0.2) is 0 Å². The maximum atomic E-state index is 12.9. The number of nitrogens with zero attached hydrogens (tertiary/aromatic N) is 1. The standard InChI is InChI=1S/C16H17NO3S2/c1-20-14-9-7-13(8-10-14)17(11-15-12-21-15)22(18,19)16-5-3-2-4-6-16/h2-10,15H,11-12H2,1H3. The van der Waals surface area contributed by atoms with Gasteiger partial charge < -0.3 is 4.74 Å². The van der Waals surface area contributed by atoms with Gasteiger partial charge in [-0.2, -0.15) is 11.8 Å². The van der Waals surface area contributed by atoms with Crippen LogP contribution in [0, 0.1) is 0 Å². The molecule has 3 rings (SSSR count). The SMILES string of the molecule is COc1ccc(N(CC2CS2)S(=O)(=O)c2ccccc2)cc1. The maximum Gasteiger partial charge on any atom is 0.264 e. The fourth-order valence-corrected chi connectivity index (χ4v) is 4.29. The second kappa shape index (κ2) is 6.22. The number of ether oxygens (including phenoxy) is 1. The fraction of sp³-hybridized carbons (Fsp3) is 0.250. The number of sulfonamides is 1. The van der Waals surface area contributed by atoms with Crippen molar-refractivity contribution in [2.75, 3.05) is 23.7 Å². The molecule has 0 aromatic heterocycles. The first-order valence-electron chi connectivity index (χ1n) is 6.95. The van der Waals surface area contributed by atoms with Crippen LogP contribution < -0.4 is 9.04 Å². The molecule has 6 heteroatoms. The molecule has 0 radical (unpaired) electrons. The minimum absolute atomic E-state index is 0.316. The van der Waals surface area contributed by atoms with E-state index in [1.165, 1.54) is 4.31 Å². The van der Waals surface area contributed by atoms with E-state index in [0.29, 0.717) is 28.1 Å². The molecule has 0 amide bonds. The first-order valence-corrected chi connectivity index (χ1v) is 9.43. The molecule has 2 aromatic carbocycles. The van der Waals surface area contributed by atoms with Crippen molar-refractivity contribution >= 4 is 27.5 Å². The summed E-state index contributed by atoms with van der Waals surface area (Å²) in [5.41, 5.74) is 0.664. The molecule has 2 aromatic rings. The summed E-state index contributed by atoms with van der Waals surface area (Å²) in [5, 5.41) is 0.376. The molecule has 0 N–H and O–H groups in total. The van der Waals surface area contributed by atoms with Crippen molar-refractivity contribution in [3.63, 3.8) is 0 Å². The van der Waals surface area contributed by atoms with Crippen LogP contribution in [0.25, 0.3) is 0 Å². The van der Waals surface area contributed by atoms with Crippen molar-refractivity contribution in [1.82, 2.24) is 0 Å². The van der Waals surface area contributed by atoms with Crippen molar-refractivity contribution in [2.45, 2.75) is 10.1 Å². The lowest BCUT2D eigenvalue weighted by molar-refractivity contribution is 0.415. The molecule has 1 fully saturated rings. The van der Waals surface area contributed by atoms with Gasteiger partial charge in [0, 0.05) is 17.5 Å². The second-order valence-electron chi connectivity index (χ2n) is 5.00. The van der Waals surface area contributed by atoms with E-state index in [2.05, 4.69) is 0 Å². The summed E-state index contributed by atoms with van der Waals surface area (Å²) in [7, 11) is -1.96. The number of hydrogen-bond donors (Lipinski definition) is 0. The van der Waals surface area contributed by atoms with E-state index >= 15 is 0 Å². The molecule has 4 nitrogen and oxygen atoms in total. The van der Waals surface area contributed by atoms with E-state index < -0.39 is 10.0 Å². The van der Waals surface area contributed by atoms with E-state index in [4.69, 9.17) is 4.74 Å². The Morgan fingerprint density at radius 1 is 1.14 bits per heavy atom. The van der Waals surface area contributed by atoms with Gasteiger partial charge in [-0.15, -0.1) is 0 Å². The Hall–Kier alpha value is -1.66. The zero-order valence-electron chi connectivity index (χ0n) is 12.2. The Morgan fingerprint density at radius 2 is 1.77 bits per heavy atom. The molecule has 1 unspecified atom stereocenters. The highest BCUT2D eigenvalue weighted by Gasteiger charge is 2.32. The van der Waals surface area contributed by atoms with Crippen LogP contribution in [-0.4, -0.2) is 33.1 Å². The van der Waals surface area contributed by atoms with Gasteiger partial charge in [0.05, 0.1) is 17.7 Å². The zero-order chi connectivity index (χ0) is 15.6. The normalized spacial score (nSPS) is 17.0. The van der Waals surface area contributed by atoms with Crippen LogP contribution in [0.2, 0.25) is 0 Å². The second-order valence-corrected chi connectivity index (χ2v) is 8.20. The van der Waals surface area contributed by atoms with E-state index in [-0.39, 0.29) is 0 Å². The number of methoxy groups -OCH3 is 1. The van der Waals surface area contributed by atoms with Gasteiger partial charge in [0.1, 0.15) is 5.75 Å². The van der Waals surface area contributed by atoms with Gasteiger partial charge in [0.2, 0.25) is 0 Å². The van der Waals surface area contributed by atoms with Gasteiger partial charge in [-0.05, 0) is 36.4 Å². The maximum absolute atomic E-state index is 12.9. The third kappa shape index (κ3) is 3.23. The van der Waals surface area contributed by atoms with E-state index in [9.17, 15) is 8.42 Å². The number of rotatable bonds is 6. The van der Waals surface area contributed by atoms with Crippen molar-refractivity contribution in [2.24, 2.45) is 0 Å². The summed E-state index contributed by atoms with van der Waals surface area (Å²) in [4.78, 5) is 0.316. The molecule has 0 spiro atoms. The minimum atomic E-state index is -3.55. The van der Waals surface area contributed by atoms with Crippen LogP contribution in [0.15, 0.2) is 59.5 Å². The predicted octanol–water partition coefficient (Wildman–Crippen LogP) is 3.01. The van der Waals surface area contributed by atoms with Crippen LogP contribution in [0.4, 0.5) is 5.69 Å². The minimum Gasteiger partial charge on any atom is -0.497 e. The van der Waals surface area contributed by atoms with E-state index in [1.807, 2.05) is 6.07 Å². The molecular weight excluding hydrogens is 318 g/mol. The lowest BCUT2D eigenvalue weighted by Gasteiger charge is -2.24. The topological polar surface area (TPSA) is 46.6 Å². The van der Waals surface area contributed by atoms with Crippen LogP contribution in [0.1, 0.15) is 0 Å². The van der Waals surface area contributed by atoms with Crippen LogP contribution in [0.3, 0.4) is 0 Å². The van der Waals surface area contributed by atoms with Crippen molar-refractivity contribution in [1.29, 1.82) is 0 Å². The molecule has 22 heavy (non-hydrogen) atoms. The van der Waals surface area contributed by atoms with Gasteiger partial charge in [0.25, 0.3) is 10.0 Å². The number of benzene rings is 2. The summed E-state index contributed by atoms with van der Waals surface area (Å²) in [6.07, 6.45) is 0. The monoisotopic (exact) mass is 335 g/mol. The lowest BCUT2D eigenvalue weighted by atomic mass is 10.3. The highest BCUT2D eigenvalue weighted by Crippen LogP contribution is 2.34. The Labute approximate surface area is 135 Å². The third-order valence-corrected chi connectivity index (χ3v) is 6.23. The molecule has 1 atom stereocenters. The number of thioether (sulfide) groups is 1. The summed E-state index contributed by atoms with van der Waals surface area (Å²) in [6.45, 7) is 0.494. The Morgan fingerprint density at radius 3 is 2.32 bits per heavy atom. The molecule has 1 heterocycles. The first kappa shape index (κ1) is 15.2. The Kier molecular flexibility index (Phi) is 4.31. The molecule has 1 aliphatic rings. The van der Waals surface area contributed by atoms with Gasteiger partial charge in [-0.1, -0.05) is 18.2 Å². The summed E-state index contributed by atoms with van der Waals surface area (Å²) in [5.74, 6) is 1.72. The van der Waals surface area contributed by atoms with E-state index in [1.54, 1.807) is 67.4 Å². The van der Waals surface area contributed by atoms with Gasteiger partial charge in [-0.3, -0.25) is 4.31 Å². The predicted molar refractivity (Wildman–Crippen MR) is 90.2 cm³/mol. The highest BCUT2D eigenvalue weighted by molar-refractivity contribution is 8.07. The fourth-order valence-electron chi connectivity index (χ4n) is 2.17. The van der Waals surface area contributed by atoms with Crippen molar-refractivity contribution in [3.05, 3.63) is 54.6 Å². The van der Waals surface area contributed by atoms with Crippen molar-refractivity contribution < 1.29 is 13.2 Å². The molecule has 1 aliphatic heterocycles. The summed E-state index contributed by atoms with van der Waals surface area (Å²) in [6, 6.07) is 15.7. The molecule has 0 saturated carbocycles. The van der Waals surface area contributed by atoms with Gasteiger partial charge >= 0.3 is 0 Å². The third-order valence-electron chi connectivity index (χ3n) is 3.46. The first-order chi connectivity index (χ1) is 10.6. The molecule has 1 saturated heterocycles. The number of hydrogen-bond acceptors (Lipinski definition) is 4. The molecule has 0 bridgehead atoms. The average molecular weight is 335 g/mol. The molecule has 0 aliphatic carbocycles. The van der Waals surface area contributed by atoms with Crippen LogP contribution in [0.5, 0.6) is 5.75 Å². The summed E-state index contributed by atoms with van der Waals surface area (Å²) >= 11 is 1.78. The highest BCUT2D eigenvalue weighted by atomic mass is 32.2. The number of anilines is 1. The van der Waals surface area contributed by atoms with Crippen LogP contribution in [-0.2, 0) is 10.0 Å².